The molecule has 0 radical (unpaired) electrons. The third-order valence-electron chi connectivity index (χ3n) is 2.85. The molecule has 96 valence electrons. The van der Waals surface area contributed by atoms with Gasteiger partial charge in [0.25, 0.3) is 0 Å². The Labute approximate surface area is 110 Å². The van der Waals surface area contributed by atoms with Gasteiger partial charge in [0.15, 0.2) is 12.2 Å². The summed E-state index contributed by atoms with van der Waals surface area (Å²) in [6, 6.07) is 9.96. The molecule has 3 rings (SSSR count). The standard InChI is InChI=1S/C14H14N4O/c1-15-8-13-14(19-10-16-13)11-7-17-18(9-11)12-5-3-2-4-6-12/h2-7,9-10,15H,8H2,1H3. The van der Waals surface area contributed by atoms with E-state index in [0.29, 0.717) is 6.54 Å². The molecule has 0 bridgehead atoms. The molecule has 0 amide bonds. The van der Waals surface area contributed by atoms with Crippen molar-refractivity contribution in [3.05, 3.63) is 54.8 Å². The number of nitrogens with one attached hydrogen (secondary N) is 1. The molecule has 0 saturated heterocycles. The second kappa shape index (κ2) is 5.07. The Balaban J connectivity index is 1.95. The first kappa shape index (κ1) is 11.7. The molecular weight excluding hydrogens is 240 g/mol. The molecule has 0 fully saturated rings. The van der Waals surface area contributed by atoms with Crippen LogP contribution in [-0.4, -0.2) is 21.8 Å². The fourth-order valence-electron chi connectivity index (χ4n) is 1.96. The molecule has 0 aliphatic heterocycles. The molecule has 5 heteroatoms. The van der Waals surface area contributed by atoms with E-state index >= 15 is 0 Å². The van der Waals surface area contributed by atoms with E-state index in [4.69, 9.17) is 4.42 Å². The molecule has 0 spiro atoms. The highest BCUT2D eigenvalue weighted by atomic mass is 16.3. The first-order valence-electron chi connectivity index (χ1n) is 6.06. The van der Waals surface area contributed by atoms with Crippen LogP contribution in [0.4, 0.5) is 0 Å². The van der Waals surface area contributed by atoms with Crippen LogP contribution in [0.15, 0.2) is 53.5 Å². The van der Waals surface area contributed by atoms with Gasteiger partial charge in [0.2, 0.25) is 0 Å². The van der Waals surface area contributed by atoms with Crippen molar-refractivity contribution in [2.75, 3.05) is 7.05 Å². The van der Waals surface area contributed by atoms with E-state index in [1.165, 1.54) is 6.39 Å². The number of hydrogen-bond donors (Lipinski definition) is 1. The van der Waals surface area contributed by atoms with Crippen molar-refractivity contribution in [3.8, 4) is 17.0 Å². The lowest BCUT2D eigenvalue weighted by Gasteiger charge is -1.99. The summed E-state index contributed by atoms with van der Waals surface area (Å²) in [6.07, 6.45) is 5.18. The quantitative estimate of drug-likeness (QED) is 0.775. The zero-order valence-corrected chi connectivity index (χ0v) is 10.6. The Bertz CT molecular complexity index is 657. The summed E-state index contributed by atoms with van der Waals surface area (Å²) in [7, 11) is 1.88. The van der Waals surface area contributed by atoms with Gasteiger partial charge in [0.05, 0.1) is 17.4 Å². The summed E-state index contributed by atoms with van der Waals surface area (Å²) in [4.78, 5) is 4.20. The van der Waals surface area contributed by atoms with Crippen molar-refractivity contribution in [2.24, 2.45) is 0 Å². The van der Waals surface area contributed by atoms with Gasteiger partial charge in [-0.2, -0.15) is 5.10 Å². The molecule has 0 aliphatic rings. The van der Waals surface area contributed by atoms with Crippen LogP contribution in [0.25, 0.3) is 17.0 Å². The fourth-order valence-corrected chi connectivity index (χ4v) is 1.96. The van der Waals surface area contributed by atoms with Gasteiger partial charge in [-0.25, -0.2) is 9.67 Å². The Morgan fingerprint density at radius 3 is 2.89 bits per heavy atom. The first-order valence-corrected chi connectivity index (χ1v) is 6.06. The molecule has 0 atom stereocenters. The van der Waals surface area contributed by atoms with E-state index in [1.807, 2.05) is 48.3 Å². The molecule has 2 heterocycles. The van der Waals surface area contributed by atoms with Crippen molar-refractivity contribution in [3.63, 3.8) is 0 Å². The predicted octanol–water partition coefficient (Wildman–Crippen LogP) is 2.25. The van der Waals surface area contributed by atoms with E-state index in [9.17, 15) is 0 Å². The van der Waals surface area contributed by atoms with Crippen molar-refractivity contribution >= 4 is 0 Å². The molecule has 0 unspecified atom stereocenters. The molecule has 1 aromatic carbocycles. The maximum absolute atomic E-state index is 5.45. The molecule has 0 aliphatic carbocycles. The maximum Gasteiger partial charge on any atom is 0.181 e. The van der Waals surface area contributed by atoms with E-state index in [1.54, 1.807) is 6.20 Å². The summed E-state index contributed by atoms with van der Waals surface area (Å²) in [6.45, 7) is 0.669. The van der Waals surface area contributed by atoms with Crippen LogP contribution in [0.3, 0.4) is 0 Å². The average molecular weight is 254 g/mol. The van der Waals surface area contributed by atoms with Crippen molar-refractivity contribution in [1.29, 1.82) is 0 Å². The van der Waals surface area contributed by atoms with Gasteiger partial charge in [0.1, 0.15) is 5.69 Å². The van der Waals surface area contributed by atoms with Gasteiger partial charge < -0.3 is 9.73 Å². The average Bonchev–Trinajstić information content (AvgIpc) is 3.08. The Kier molecular flexibility index (Phi) is 3.12. The van der Waals surface area contributed by atoms with Crippen LogP contribution in [-0.2, 0) is 6.54 Å². The van der Waals surface area contributed by atoms with E-state index < -0.39 is 0 Å². The van der Waals surface area contributed by atoms with Crippen molar-refractivity contribution in [2.45, 2.75) is 6.54 Å². The lowest BCUT2D eigenvalue weighted by atomic mass is 10.2. The van der Waals surface area contributed by atoms with Gasteiger partial charge in [-0.3, -0.25) is 0 Å². The third-order valence-corrected chi connectivity index (χ3v) is 2.85. The monoisotopic (exact) mass is 254 g/mol. The smallest absolute Gasteiger partial charge is 0.181 e. The fraction of sp³-hybridized carbons (Fsp3) is 0.143. The topological polar surface area (TPSA) is 55.9 Å². The van der Waals surface area contributed by atoms with E-state index in [2.05, 4.69) is 15.4 Å². The summed E-state index contributed by atoms with van der Waals surface area (Å²) >= 11 is 0. The normalized spacial score (nSPS) is 10.8. The Hall–Kier alpha value is -2.40. The molecule has 5 nitrogen and oxygen atoms in total. The van der Waals surface area contributed by atoms with Crippen LogP contribution < -0.4 is 5.32 Å². The predicted molar refractivity (Wildman–Crippen MR) is 71.8 cm³/mol. The minimum atomic E-state index is 0.669. The summed E-state index contributed by atoms with van der Waals surface area (Å²) in [5.41, 5.74) is 2.82. The summed E-state index contributed by atoms with van der Waals surface area (Å²) in [5, 5.41) is 7.42. The molecule has 3 aromatic rings. The van der Waals surface area contributed by atoms with Crippen LogP contribution in [0, 0.1) is 0 Å². The van der Waals surface area contributed by atoms with E-state index in [0.717, 1.165) is 22.7 Å². The third kappa shape index (κ3) is 2.28. The van der Waals surface area contributed by atoms with Gasteiger partial charge in [-0.05, 0) is 19.2 Å². The van der Waals surface area contributed by atoms with Crippen LogP contribution in [0.5, 0.6) is 0 Å². The van der Waals surface area contributed by atoms with Gasteiger partial charge in [0, 0.05) is 12.7 Å². The van der Waals surface area contributed by atoms with Crippen LogP contribution >= 0.6 is 0 Å². The van der Waals surface area contributed by atoms with Crippen molar-refractivity contribution in [1.82, 2.24) is 20.1 Å². The minimum absolute atomic E-state index is 0.669. The summed E-state index contributed by atoms with van der Waals surface area (Å²) in [5.74, 6) is 0.761. The van der Waals surface area contributed by atoms with Gasteiger partial charge in [-0.15, -0.1) is 0 Å². The first-order chi connectivity index (χ1) is 9.38. The molecule has 19 heavy (non-hydrogen) atoms. The number of aromatic nitrogens is 3. The highest BCUT2D eigenvalue weighted by molar-refractivity contribution is 5.58. The van der Waals surface area contributed by atoms with Crippen LogP contribution in [0.1, 0.15) is 5.69 Å². The highest BCUT2D eigenvalue weighted by Gasteiger charge is 2.12. The summed E-state index contributed by atoms with van der Waals surface area (Å²) < 4.78 is 7.27. The minimum Gasteiger partial charge on any atom is -0.443 e. The second-order valence-corrected chi connectivity index (χ2v) is 4.17. The maximum atomic E-state index is 5.45. The molecular formula is C14H14N4O. The second-order valence-electron chi connectivity index (χ2n) is 4.17. The SMILES string of the molecule is CNCc1ncoc1-c1cnn(-c2ccccc2)c1. The van der Waals surface area contributed by atoms with Crippen molar-refractivity contribution < 1.29 is 4.42 Å². The number of para-hydroxylation sites is 1. The number of rotatable bonds is 4. The zero-order valence-electron chi connectivity index (χ0n) is 10.6. The van der Waals surface area contributed by atoms with Gasteiger partial charge >= 0.3 is 0 Å². The number of benzene rings is 1. The Morgan fingerprint density at radius 2 is 2.11 bits per heavy atom. The van der Waals surface area contributed by atoms with Gasteiger partial charge in [-0.1, -0.05) is 18.2 Å². The number of hydrogen-bond acceptors (Lipinski definition) is 4. The number of oxazole rings is 1. The lowest BCUT2D eigenvalue weighted by Crippen LogP contribution is -2.06. The zero-order chi connectivity index (χ0) is 13.1. The Morgan fingerprint density at radius 1 is 1.26 bits per heavy atom. The molecule has 0 saturated carbocycles. The molecule has 2 aromatic heterocycles. The number of nitrogens with zero attached hydrogens (tertiary/aromatic N) is 3. The lowest BCUT2D eigenvalue weighted by molar-refractivity contribution is 0.570. The van der Waals surface area contributed by atoms with E-state index in [-0.39, 0.29) is 0 Å². The molecule has 1 N–H and O–H groups in total. The van der Waals surface area contributed by atoms with Crippen LogP contribution in [0.2, 0.25) is 0 Å². The highest BCUT2D eigenvalue weighted by Crippen LogP contribution is 2.23. The largest absolute Gasteiger partial charge is 0.443 e.